The predicted octanol–water partition coefficient (Wildman–Crippen LogP) is 4.27. The average Bonchev–Trinajstić information content (AvgIpc) is 3.47. The first-order chi connectivity index (χ1) is 21.2. The molecular formula is C30H24N4O8S2. The van der Waals surface area contributed by atoms with Crippen molar-refractivity contribution < 1.29 is 28.8 Å². The molecule has 12 nitrogen and oxygen atoms in total. The molecular weight excluding hydrogens is 608 g/mol. The molecule has 6 rings (SSSR count). The zero-order valence-electron chi connectivity index (χ0n) is 23.3. The number of non-ortho nitro benzene ring substituents is 1. The lowest BCUT2D eigenvalue weighted by Crippen LogP contribution is -2.33. The van der Waals surface area contributed by atoms with Gasteiger partial charge in [0.25, 0.3) is 5.69 Å². The first kappa shape index (κ1) is 29.1. The molecule has 1 N–H and O–H groups in total. The number of amides is 3. The lowest BCUT2D eigenvalue weighted by Gasteiger charge is -2.31. The Hall–Kier alpha value is -4.95. The van der Waals surface area contributed by atoms with Crippen molar-refractivity contribution in [2.24, 2.45) is 5.92 Å². The summed E-state index contributed by atoms with van der Waals surface area (Å²) in [7, 11) is 2.98. The Bertz CT molecular complexity index is 1850. The van der Waals surface area contributed by atoms with E-state index in [2.05, 4.69) is 5.32 Å². The maximum Gasteiger partial charge on any atom is 0.308 e. The second kappa shape index (κ2) is 11.6. The highest BCUT2D eigenvalue weighted by molar-refractivity contribution is 8.00. The van der Waals surface area contributed by atoms with Crippen molar-refractivity contribution in [1.29, 1.82) is 0 Å². The summed E-state index contributed by atoms with van der Waals surface area (Å²) in [6.07, 6.45) is 0. The van der Waals surface area contributed by atoms with Crippen LogP contribution in [0.3, 0.4) is 0 Å². The van der Waals surface area contributed by atoms with Gasteiger partial charge < -0.3 is 14.8 Å². The number of nitro benzene ring substituents is 1. The smallest absolute Gasteiger partial charge is 0.308 e. The minimum absolute atomic E-state index is 0.178. The largest absolute Gasteiger partial charge is 0.493 e. The number of ether oxygens (including phenoxy) is 2. The van der Waals surface area contributed by atoms with E-state index in [1.54, 1.807) is 42.5 Å². The summed E-state index contributed by atoms with van der Waals surface area (Å²) in [6, 6.07) is 19.2. The van der Waals surface area contributed by atoms with Crippen LogP contribution in [-0.2, 0) is 20.9 Å². The highest BCUT2D eigenvalue weighted by Crippen LogP contribution is 2.54. The number of nitrogens with one attached hydrogen (secondary N) is 1. The molecule has 3 atom stereocenters. The number of carbonyl (C=O) groups excluding carboxylic acids is 3. The number of thiazole rings is 1. The van der Waals surface area contributed by atoms with Crippen LogP contribution in [-0.4, -0.2) is 46.7 Å². The predicted molar refractivity (Wildman–Crippen MR) is 164 cm³/mol. The van der Waals surface area contributed by atoms with Gasteiger partial charge in [-0.2, -0.15) is 0 Å². The number of nitrogens with zero attached hydrogens (tertiary/aromatic N) is 3. The fraction of sp³-hybridized carbons (Fsp3) is 0.200. The number of aromatic nitrogens is 1. The summed E-state index contributed by atoms with van der Waals surface area (Å²) in [5, 5.41) is 13.5. The van der Waals surface area contributed by atoms with E-state index in [0.29, 0.717) is 32.7 Å². The number of thioether (sulfide) groups is 1. The molecule has 1 fully saturated rings. The van der Waals surface area contributed by atoms with Crippen molar-refractivity contribution in [2.75, 3.05) is 24.4 Å². The molecule has 2 aliphatic rings. The average molecular weight is 633 g/mol. The van der Waals surface area contributed by atoms with E-state index in [4.69, 9.17) is 9.47 Å². The van der Waals surface area contributed by atoms with Crippen molar-refractivity contribution in [1.82, 2.24) is 4.57 Å². The quantitative estimate of drug-likeness (QED) is 0.171. The molecule has 3 amide bonds. The third-order valence-corrected chi connectivity index (χ3v) is 10.1. The van der Waals surface area contributed by atoms with E-state index in [1.807, 2.05) is 6.07 Å². The van der Waals surface area contributed by atoms with Crippen LogP contribution >= 0.6 is 23.1 Å². The molecule has 4 aromatic rings. The summed E-state index contributed by atoms with van der Waals surface area (Å²) in [5.74, 6) is -2.22. The Morgan fingerprint density at radius 3 is 2.32 bits per heavy atom. The van der Waals surface area contributed by atoms with Crippen LogP contribution in [0.1, 0.15) is 16.4 Å². The number of methoxy groups -OCH3 is 2. The molecule has 0 saturated carbocycles. The maximum absolute atomic E-state index is 14.1. The van der Waals surface area contributed by atoms with Crippen molar-refractivity contribution >= 4 is 57.9 Å². The summed E-state index contributed by atoms with van der Waals surface area (Å²) in [5.41, 5.74) is 1.21. The number of imide groups is 1. The van der Waals surface area contributed by atoms with Crippen molar-refractivity contribution in [3.8, 4) is 11.5 Å². The van der Waals surface area contributed by atoms with Crippen LogP contribution in [0.2, 0.25) is 0 Å². The SMILES string of the molecule is COc1ccc([C@H]2c3sc(=O)n(CC(=O)Nc4ccccc4)c3SC3C(=O)N(c4ccc([N+](=O)[O-])cc4)C(=O)C32)cc1OC. The topological polar surface area (TPSA) is 150 Å². The van der Waals surface area contributed by atoms with Gasteiger partial charge in [0.1, 0.15) is 11.8 Å². The van der Waals surface area contributed by atoms with Crippen molar-refractivity contribution in [2.45, 2.75) is 22.7 Å². The summed E-state index contributed by atoms with van der Waals surface area (Å²) in [6.45, 7) is -0.295. The van der Waals surface area contributed by atoms with Gasteiger partial charge in [0, 0.05) is 28.6 Å². The highest BCUT2D eigenvalue weighted by Gasteiger charge is 2.57. The standard InChI is InChI=1S/C30H24N4O8S2/c1-41-20-13-8-16(14-21(20)42-2)23-24-25(28(37)33(27(24)36)18-9-11-19(12-10-18)34(39)40)43-29-26(23)44-30(38)32(29)15-22(35)31-17-6-4-3-5-7-17/h3-14,23-25H,15H2,1-2H3,(H,31,35)/t23-,24?,25?/m1/s1. The van der Waals surface area contributed by atoms with Gasteiger partial charge in [-0.25, -0.2) is 4.90 Å². The lowest BCUT2D eigenvalue weighted by atomic mass is 9.83. The Labute approximate surface area is 258 Å². The van der Waals surface area contributed by atoms with Gasteiger partial charge in [-0.3, -0.25) is 33.9 Å². The van der Waals surface area contributed by atoms with Crippen LogP contribution < -0.4 is 24.6 Å². The van der Waals surface area contributed by atoms with Crippen LogP contribution in [0, 0.1) is 16.0 Å². The zero-order chi connectivity index (χ0) is 31.1. The summed E-state index contributed by atoms with van der Waals surface area (Å²) < 4.78 is 12.2. The van der Waals surface area contributed by atoms with Crippen LogP contribution in [0.15, 0.2) is 82.6 Å². The van der Waals surface area contributed by atoms with Crippen molar-refractivity contribution in [3.63, 3.8) is 0 Å². The summed E-state index contributed by atoms with van der Waals surface area (Å²) >= 11 is 2.00. The number of carbonyl (C=O) groups is 3. The van der Waals surface area contributed by atoms with Gasteiger partial charge in [0.2, 0.25) is 17.7 Å². The number of fused-ring (bicyclic) bond motifs is 2. The zero-order valence-corrected chi connectivity index (χ0v) is 24.9. The number of benzene rings is 3. The third-order valence-electron chi connectivity index (χ3n) is 7.49. The molecule has 3 heterocycles. The van der Waals surface area contributed by atoms with E-state index in [-0.39, 0.29) is 17.9 Å². The molecule has 1 aromatic heterocycles. The Kier molecular flexibility index (Phi) is 7.69. The fourth-order valence-electron chi connectivity index (χ4n) is 5.50. The fourth-order valence-corrected chi connectivity index (χ4v) is 8.28. The number of nitro groups is 1. The van der Waals surface area contributed by atoms with Crippen LogP contribution in [0.25, 0.3) is 0 Å². The van der Waals surface area contributed by atoms with Gasteiger partial charge in [0.05, 0.1) is 35.8 Å². The lowest BCUT2D eigenvalue weighted by molar-refractivity contribution is -0.384. The summed E-state index contributed by atoms with van der Waals surface area (Å²) in [4.78, 5) is 66.1. The monoisotopic (exact) mass is 632 g/mol. The number of anilines is 2. The Balaban J connectivity index is 1.44. The molecule has 224 valence electrons. The minimum Gasteiger partial charge on any atom is -0.493 e. The molecule has 0 aliphatic carbocycles. The molecule has 14 heteroatoms. The van der Waals surface area contributed by atoms with Gasteiger partial charge >= 0.3 is 4.87 Å². The highest BCUT2D eigenvalue weighted by atomic mass is 32.2. The number of hydrogen-bond acceptors (Lipinski definition) is 10. The molecule has 2 unspecified atom stereocenters. The van der Waals surface area contributed by atoms with E-state index in [0.717, 1.165) is 28.0 Å². The second-order valence-corrected chi connectivity index (χ2v) is 12.1. The molecule has 2 aliphatic heterocycles. The number of hydrogen-bond donors (Lipinski definition) is 1. The van der Waals surface area contributed by atoms with E-state index in [1.165, 1.54) is 43.1 Å². The van der Waals surface area contributed by atoms with Crippen LogP contribution in [0.5, 0.6) is 11.5 Å². The second-order valence-electron chi connectivity index (χ2n) is 9.98. The molecule has 1 saturated heterocycles. The third kappa shape index (κ3) is 5.01. The van der Waals surface area contributed by atoms with Gasteiger partial charge in [-0.05, 0) is 42.0 Å². The molecule has 44 heavy (non-hydrogen) atoms. The molecule has 0 radical (unpaired) electrons. The van der Waals surface area contributed by atoms with E-state index < -0.39 is 44.6 Å². The Morgan fingerprint density at radius 1 is 0.955 bits per heavy atom. The van der Waals surface area contributed by atoms with E-state index >= 15 is 0 Å². The van der Waals surface area contributed by atoms with Gasteiger partial charge in [-0.15, -0.1) is 0 Å². The first-order valence-corrected chi connectivity index (χ1v) is 15.0. The van der Waals surface area contributed by atoms with Gasteiger partial charge in [0.15, 0.2) is 11.5 Å². The van der Waals surface area contributed by atoms with E-state index in [9.17, 15) is 29.3 Å². The first-order valence-electron chi connectivity index (χ1n) is 13.3. The minimum atomic E-state index is -0.930. The molecule has 0 spiro atoms. The number of para-hydroxylation sites is 1. The number of rotatable bonds is 8. The molecule has 0 bridgehead atoms. The maximum atomic E-state index is 14.1. The molecule has 3 aromatic carbocycles. The Morgan fingerprint density at radius 2 is 1.66 bits per heavy atom. The van der Waals surface area contributed by atoms with Gasteiger partial charge in [-0.1, -0.05) is 47.4 Å². The van der Waals surface area contributed by atoms with Crippen LogP contribution in [0.4, 0.5) is 17.1 Å². The normalized spacial score (nSPS) is 18.9. The van der Waals surface area contributed by atoms with Crippen molar-refractivity contribution in [3.05, 3.63) is 103 Å².